The standard InChI is InChI=1S/C15H22N4/c1-9-6-7-17-12-11(9)18-13(16)19(12)8-10-14(2,3)15(10,4)5/h6-7,10H,8H2,1-5H3,(H2,16,18). The van der Waals surface area contributed by atoms with Crippen LogP contribution in [0.25, 0.3) is 11.2 Å². The molecule has 2 aromatic rings. The van der Waals surface area contributed by atoms with E-state index in [4.69, 9.17) is 5.73 Å². The number of hydrogen-bond donors (Lipinski definition) is 1. The molecule has 0 bridgehead atoms. The number of pyridine rings is 1. The second-order valence-corrected chi connectivity index (χ2v) is 6.88. The van der Waals surface area contributed by atoms with Crippen molar-refractivity contribution in [2.75, 3.05) is 5.73 Å². The smallest absolute Gasteiger partial charge is 0.202 e. The molecule has 102 valence electrons. The summed E-state index contributed by atoms with van der Waals surface area (Å²) in [4.78, 5) is 8.93. The Kier molecular flexibility index (Phi) is 2.29. The molecule has 1 fully saturated rings. The fourth-order valence-corrected chi connectivity index (χ4v) is 3.31. The first-order valence-corrected chi connectivity index (χ1v) is 6.84. The monoisotopic (exact) mass is 258 g/mol. The summed E-state index contributed by atoms with van der Waals surface area (Å²) in [6.07, 6.45) is 1.83. The number of nitrogens with zero attached hydrogens (tertiary/aromatic N) is 3. The zero-order valence-electron chi connectivity index (χ0n) is 12.4. The quantitative estimate of drug-likeness (QED) is 0.901. The maximum Gasteiger partial charge on any atom is 0.202 e. The number of hydrogen-bond acceptors (Lipinski definition) is 3. The topological polar surface area (TPSA) is 56.7 Å². The highest BCUT2D eigenvalue weighted by atomic mass is 15.2. The molecule has 1 saturated carbocycles. The molecule has 0 amide bonds. The molecule has 0 radical (unpaired) electrons. The van der Waals surface area contributed by atoms with Gasteiger partial charge < -0.3 is 5.73 Å². The van der Waals surface area contributed by atoms with E-state index in [-0.39, 0.29) is 0 Å². The molecule has 3 rings (SSSR count). The van der Waals surface area contributed by atoms with Crippen molar-refractivity contribution in [1.29, 1.82) is 0 Å². The Morgan fingerprint density at radius 2 is 1.89 bits per heavy atom. The van der Waals surface area contributed by atoms with Crippen LogP contribution in [0.2, 0.25) is 0 Å². The fourth-order valence-electron chi connectivity index (χ4n) is 3.31. The van der Waals surface area contributed by atoms with Crippen molar-refractivity contribution in [2.45, 2.75) is 41.2 Å². The average Bonchev–Trinajstić information content (AvgIpc) is 2.59. The maximum atomic E-state index is 6.09. The zero-order valence-corrected chi connectivity index (χ0v) is 12.4. The minimum absolute atomic E-state index is 0.347. The van der Waals surface area contributed by atoms with Gasteiger partial charge in [-0.05, 0) is 35.3 Å². The van der Waals surface area contributed by atoms with Gasteiger partial charge in [0.25, 0.3) is 0 Å². The predicted octanol–water partition coefficient (Wildman–Crippen LogP) is 3.00. The Bertz CT molecular complexity index is 637. The second kappa shape index (κ2) is 3.50. The molecule has 0 aromatic carbocycles. The van der Waals surface area contributed by atoms with E-state index in [1.54, 1.807) is 0 Å². The summed E-state index contributed by atoms with van der Waals surface area (Å²) in [5, 5.41) is 0. The van der Waals surface area contributed by atoms with Gasteiger partial charge in [0, 0.05) is 12.7 Å². The number of rotatable bonds is 2. The van der Waals surface area contributed by atoms with E-state index >= 15 is 0 Å². The molecule has 1 aliphatic rings. The molecule has 1 aliphatic carbocycles. The molecule has 2 aromatic heterocycles. The van der Waals surface area contributed by atoms with Gasteiger partial charge >= 0.3 is 0 Å². The van der Waals surface area contributed by atoms with Crippen molar-refractivity contribution in [3.63, 3.8) is 0 Å². The first kappa shape index (κ1) is 12.5. The zero-order chi connectivity index (χ0) is 14.0. The van der Waals surface area contributed by atoms with Crippen LogP contribution >= 0.6 is 0 Å². The fraction of sp³-hybridized carbons (Fsp3) is 0.600. The van der Waals surface area contributed by atoms with Gasteiger partial charge in [-0.2, -0.15) is 0 Å². The summed E-state index contributed by atoms with van der Waals surface area (Å²) >= 11 is 0. The molecule has 2 heterocycles. The number of aryl methyl sites for hydroxylation is 1. The molecule has 0 atom stereocenters. The minimum Gasteiger partial charge on any atom is -0.369 e. The summed E-state index contributed by atoms with van der Waals surface area (Å²) in [7, 11) is 0. The Balaban J connectivity index is 2.04. The van der Waals surface area contributed by atoms with Crippen LogP contribution in [0.1, 0.15) is 33.3 Å². The van der Waals surface area contributed by atoms with E-state index < -0.39 is 0 Å². The molecule has 4 nitrogen and oxygen atoms in total. The Labute approximate surface area is 114 Å². The van der Waals surface area contributed by atoms with E-state index in [1.165, 1.54) is 0 Å². The third-order valence-electron chi connectivity index (χ3n) is 5.55. The van der Waals surface area contributed by atoms with Gasteiger partial charge in [0.05, 0.1) is 0 Å². The van der Waals surface area contributed by atoms with Gasteiger partial charge in [-0.15, -0.1) is 0 Å². The molecule has 0 aliphatic heterocycles. The van der Waals surface area contributed by atoms with Gasteiger partial charge in [-0.25, -0.2) is 9.97 Å². The summed E-state index contributed by atoms with van der Waals surface area (Å²) < 4.78 is 2.07. The van der Waals surface area contributed by atoms with Crippen molar-refractivity contribution in [3.8, 4) is 0 Å². The molecular weight excluding hydrogens is 236 g/mol. The van der Waals surface area contributed by atoms with Crippen LogP contribution in [0.4, 0.5) is 5.95 Å². The molecule has 0 unspecified atom stereocenters. The highest BCUT2D eigenvalue weighted by molar-refractivity contribution is 5.77. The van der Waals surface area contributed by atoms with Crippen molar-refractivity contribution >= 4 is 17.1 Å². The van der Waals surface area contributed by atoms with Crippen molar-refractivity contribution in [2.24, 2.45) is 16.7 Å². The number of fused-ring (bicyclic) bond motifs is 1. The maximum absolute atomic E-state index is 6.09. The number of aromatic nitrogens is 3. The minimum atomic E-state index is 0.347. The summed E-state index contributed by atoms with van der Waals surface area (Å²) in [6, 6.07) is 1.98. The van der Waals surface area contributed by atoms with E-state index in [2.05, 4.69) is 42.2 Å². The van der Waals surface area contributed by atoms with Crippen LogP contribution in [0, 0.1) is 23.7 Å². The Morgan fingerprint density at radius 3 is 2.47 bits per heavy atom. The van der Waals surface area contributed by atoms with Gasteiger partial charge in [-0.1, -0.05) is 27.7 Å². The second-order valence-electron chi connectivity index (χ2n) is 6.88. The Hall–Kier alpha value is -1.58. The van der Waals surface area contributed by atoms with Crippen LogP contribution in [0.15, 0.2) is 12.3 Å². The number of anilines is 1. The SMILES string of the molecule is Cc1ccnc2c1nc(N)n2CC1C(C)(C)C1(C)C. The van der Waals surface area contributed by atoms with Crippen LogP contribution in [0.3, 0.4) is 0 Å². The molecular formula is C15H22N4. The number of nitrogens with two attached hydrogens (primary N) is 1. The Morgan fingerprint density at radius 1 is 1.26 bits per heavy atom. The normalized spacial score (nSPS) is 20.9. The van der Waals surface area contributed by atoms with Gasteiger partial charge in [0.15, 0.2) is 5.65 Å². The van der Waals surface area contributed by atoms with Gasteiger partial charge in [0.2, 0.25) is 5.95 Å². The van der Waals surface area contributed by atoms with Gasteiger partial charge in [0.1, 0.15) is 5.52 Å². The summed E-state index contributed by atoms with van der Waals surface area (Å²) in [5.41, 5.74) is 9.75. The lowest BCUT2D eigenvalue weighted by Crippen LogP contribution is -2.08. The van der Waals surface area contributed by atoms with E-state index in [0.717, 1.165) is 23.3 Å². The largest absolute Gasteiger partial charge is 0.369 e. The number of nitrogen functional groups attached to an aromatic ring is 1. The van der Waals surface area contributed by atoms with Crippen molar-refractivity contribution in [3.05, 3.63) is 17.8 Å². The number of imidazole rings is 1. The van der Waals surface area contributed by atoms with Crippen LogP contribution in [0.5, 0.6) is 0 Å². The summed E-state index contributed by atoms with van der Waals surface area (Å²) in [6.45, 7) is 12.2. The summed E-state index contributed by atoms with van der Waals surface area (Å²) in [5.74, 6) is 1.19. The lowest BCUT2D eigenvalue weighted by Gasteiger charge is -2.07. The highest BCUT2D eigenvalue weighted by Gasteiger charge is 2.64. The first-order valence-electron chi connectivity index (χ1n) is 6.84. The average molecular weight is 258 g/mol. The lowest BCUT2D eigenvalue weighted by molar-refractivity contribution is 0.457. The molecule has 19 heavy (non-hydrogen) atoms. The van der Waals surface area contributed by atoms with Crippen LogP contribution in [-0.4, -0.2) is 14.5 Å². The molecule has 2 N–H and O–H groups in total. The van der Waals surface area contributed by atoms with Crippen molar-refractivity contribution in [1.82, 2.24) is 14.5 Å². The van der Waals surface area contributed by atoms with Crippen LogP contribution in [-0.2, 0) is 6.54 Å². The third-order valence-corrected chi connectivity index (χ3v) is 5.55. The van der Waals surface area contributed by atoms with Gasteiger partial charge in [-0.3, -0.25) is 4.57 Å². The molecule has 0 spiro atoms. The highest BCUT2D eigenvalue weighted by Crippen LogP contribution is 2.69. The van der Waals surface area contributed by atoms with Crippen molar-refractivity contribution < 1.29 is 0 Å². The lowest BCUT2D eigenvalue weighted by atomic mass is 10.0. The predicted molar refractivity (Wildman–Crippen MR) is 77.7 cm³/mol. The van der Waals surface area contributed by atoms with E-state index in [0.29, 0.717) is 22.7 Å². The molecule has 4 heteroatoms. The van der Waals surface area contributed by atoms with E-state index in [1.807, 2.05) is 19.2 Å². The molecule has 0 saturated heterocycles. The third kappa shape index (κ3) is 1.52. The van der Waals surface area contributed by atoms with Crippen LogP contribution < -0.4 is 5.73 Å². The van der Waals surface area contributed by atoms with E-state index in [9.17, 15) is 0 Å². The first-order chi connectivity index (χ1) is 8.76.